The Morgan fingerprint density at radius 3 is 2.23 bits per heavy atom. The molecule has 154 valence electrons. The maximum absolute atomic E-state index is 6.18. The van der Waals surface area contributed by atoms with Gasteiger partial charge in [-0.15, -0.1) is 0 Å². The average molecular weight is 406 g/mol. The monoisotopic (exact) mass is 405 g/mol. The highest BCUT2D eigenvalue weighted by Crippen LogP contribution is 2.42. The van der Waals surface area contributed by atoms with E-state index in [9.17, 15) is 0 Å². The minimum Gasteiger partial charge on any atom is -0.455 e. The molecule has 0 saturated carbocycles. The van der Waals surface area contributed by atoms with Gasteiger partial charge in [0.05, 0.1) is 5.69 Å². The van der Waals surface area contributed by atoms with Crippen molar-refractivity contribution in [2.75, 3.05) is 5.73 Å². The second kappa shape index (κ2) is 7.31. The van der Waals surface area contributed by atoms with E-state index < -0.39 is 0 Å². The summed E-state index contributed by atoms with van der Waals surface area (Å²) >= 11 is 0. The predicted octanol–water partition coefficient (Wildman–Crippen LogP) is 7.60. The number of rotatable bonds is 3. The minimum absolute atomic E-state index is 0.0426. The smallest absolute Gasteiger partial charge is 0.150 e. The van der Waals surface area contributed by atoms with Gasteiger partial charge < -0.3 is 10.5 Å². The summed E-state index contributed by atoms with van der Waals surface area (Å²) in [5.74, 6) is 1.49. The zero-order chi connectivity index (χ0) is 21.6. The van der Waals surface area contributed by atoms with Crippen LogP contribution in [0.1, 0.15) is 37.5 Å². The molecule has 0 saturated heterocycles. The van der Waals surface area contributed by atoms with E-state index in [-0.39, 0.29) is 5.41 Å². The van der Waals surface area contributed by atoms with Gasteiger partial charge >= 0.3 is 0 Å². The van der Waals surface area contributed by atoms with E-state index in [1.807, 2.05) is 24.3 Å². The summed E-state index contributed by atoms with van der Waals surface area (Å²) in [6.45, 7) is 6.56. The van der Waals surface area contributed by atoms with Crippen molar-refractivity contribution >= 4 is 5.69 Å². The Morgan fingerprint density at radius 1 is 0.742 bits per heavy atom. The minimum atomic E-state index is 0.0426. The van der Waals surface area contributed by atoms with Crippen molar-refractivity contribution in [2.45, 2.75) is 32.6 Å². The molecule has 0 aliphatic heterocycles. The number of nitrogen functional groups attached to an aromatic ring is 1. The topological polar surface area (TPSA) is 35.2 Å². The average Bonchev–Trinajstić information content (AvgIpc) is 3.14. The lowest BCUT2D eigenvalue weighted by Crippen LogP contribution is -2.11. The highest BCUT2D eigenvalue weighted by atomic mass is 16.5. The lowest BCUT2D eigenvalue weighted by atomic mass is 9.87. The van der Waals surface area contributed by atoms with Crippen LogP contribution < -0.4 is 10.5 Å². The van der Waals surface area contributed by atoms with Crippen molar-refractivity contribution in [3.05, 3.63) is 102 Å². The maximum atomic E-state index is 6.18. The molecule has 2 heteroatoms. The van der Waals surface area contributed by atoms with Gasteiger partial charge in [0, 0.05) is 0 Å². The zero-order valence-electron chi connectivity index (χ0n) is 18.3. The fourth-order valence-corrected chi connectivity index (χ4v) is 4.35. The van der Waals surface area contributed by atoms with E-state index in [0.29, 0.717) is 11.4 Å². The van der Waals surface area contributed by atoms with Crippen LogP contribution in [-0.4, -0.2) is 0 Å². The lowest BCUT2D eigenvalue weighted by Gasteiger charge is -2.20. The summed E-state index contributed by atoms with van der Waals surface area (Å²) in [5.41, 5.74) is 16.1. The molecule has 0 amide bonds. The summed E-state index contributed by atoms with van der Waals surface area (Å²) in [4.78, 5) is 0. The van der Waals surface area contributed by atoms with Crippen molar-refractivity contribution in [1.82, 2.24) is 0 Å². The number of benzene rings is 4. The number of hydrogen-bond acceptors (Lipinski definition) is 2. The summed E-state index contributed by atoms with van der Waals surface area (Å²) in [5, 5.41) is 0. The number of hydrogen-bond donors (Lipinski definition) is 1. The highest BCUT2D eigenvalue weighted by molar-refractivity contribution is 5.84. The van der Waals surface area contributed by atoms with Crippen molar-refractivity contribution in [3.8, 4) is 33.8 Å². The van der Waals surface area contributed by atoms with Gasteiger partial charge in [-0.1, -0.05) is 81.4 Å². The fraction of sp³-hybridized carbons (Fsp3) is 0.172. The van der Waals surface area contributed by atoms with Gasteiger partial charge in [-0.25, -0.2) is 0 Å². The molecule has 5 rings (SSSR count). The van der Waals surface area contributed by atoms with E-state index in [0.717, 1.165) is 12.2 Å². The van der Waals surface area contributed by atoms with Crippen LogP contribution in [-0.2, 0) is 11.8 Å². The number of nitrogens with two attached hydrogens (primary N) is 1. The van der Waals surface area contributed by atoms with Gasteiger partial charge in [0.25, 0.3) is 0 Å². The third-order valence-corrected chi connectivity index (χ3v) is 6.12. The molecule has 4 aromatic rings. The van der Waals surface area contributed by atoms with E-state index in [1.54, 1.807) is 0 Å². The molecule has 0 bridgehead atoms. The molecule has 0 fully saturated rings. The Labute approximate surface area is 184 Å². The van der Waals surface area contributed by atoms with E-state index in [2.05, 4.69) is 81.4 Å². The standard InChI is InChI=1S/C29H27NO/c1-29(2,3)21-13-16-27(30)28(18-21)31-22-14-11-19(12-15-22)23-9-6-10-25-24-8-5-4-7-20(24)17-26(23)25/h4-16,18H,17,30H2,1-3H3. The van der Waals surface area contributed by atoms with Crippen molar-refractivity contribution < 1.29 is 4.74 Å². The Hall–Kier alpha value is -3.52. The summed E-state index contributed by atoms with van der Waals surface area (Å²) < 4.78 is 6.15. The van der Waals surface area contributed by atoms with E-state index in [4.69, 9.17) is 10.5 Å². The summed E-state index contributed by atoms with van der Waals surface area (Å²) in [7, 11) is 0. The van der Waals surface area contributed by atoms with Crippen LogP contribution in [0.4, 0.5) is 5.69 Å². The van der Waals surface area contributed by atoms with Crippen LogP contribution in [0.5, 0.6) is 11.5 Å². The molecule has 4 aromatic carbocycles. The van der Waals surface area contributed by atoms with Gasteiger partial charge in [0.2, 0.25) is 0 Å². The molecule has 31 heavy (non-hydrogen) atoms. The first-order valence-corrected chi connectivity index (χ1v) is 10.8. The van der Waals surface area contributed by atoms with E-state index >= 15 is 0 Å². The predicted molar refractivity (Wildman–Crippen MR) is 130 cm³/mol. The first kappa shape index (κ1) is 19.4. The molecular weight excluding hydrogens is 378 g/mol. The van der Waals surface area contributed by atoms with Gasteiger partial charge in [0.15, 0.2) is 5.75 Å². The van der Waals surface area contributed by atoms with Crippen LogP contribution >= 0.6 is 0 Å². The molecular formula is C29H27NO. The second-order valence-corrected chi connectivity index (χ2v) is 9.29. The normalized spacial score (nSPS) is 12.4. The third-order valence-electron chi connectivity index (χ3n) is 6.12. The maximum Gasteiger partial charge on any atom is 0.150 e. The van der Waals surface area contributed by atoms with Gasteiger partial charge in [-0.2, -0.15) is 0 Å². The van der Waals surface area contributed by atoms with Gasteiger partial charge in [-0.05, 0) is 75.0 Å². The van der Waals surface area contributed by atoms with Crippen LogP contribution in [0.15, 0.2) is 84.9 Å². The van der Waals surface area contributed by atoms with Crippen LogP contribution in [0.3, 0.4) is 0 Å². The van der Waals surface area contributed by atoms with Crippen molar-refractivity contribution in [2.24, 2.45) is 0 Å². The van der Waals surface area contributed by atoms with Gasteiger partial charge in [-0.3, -0.25) is 0 Å². The number of anilines is 1. The number of fused-ring (bicyclic) bond motifs is 3. The molecule has 0 heterocycles. The summed E-state index contributed by atoms with van der Waals surface area (Å²) in [6, 6.07) is 29.7. The molecule has 1 aliphatic carbocycles. The molecule has 0 radical (unpaired) electrons. The molecule has 0 unspecified atom stereocenters. The Bertz CT molecular complexity index is 1260. The van der Waals surface area contributed by atoms with Crippen LogP contribution in [0.2, 0.25) is 0 Å². The Kier molecular flexibility index (Phi) is 4.59. The SMILES string of the molecule is CC(C)(C)c1ccc(N)c(Oc2ccc(-c3cccc4c3Cc3ccccc3-4)cc2)c1. The van der Waals surface area contributed by atoms with Crippen LogP contribution in [0, 0.1) is 0 Å². The molecule has 0 spiro atoms. The third kappa shape index (κ3) is 3.59. The largest absolute Gasteiger partial charge is 0.455 e. The van der Waals surface area contributed by atoms with Gasteiger partial charge in [0.1, 0.15) is 5.75 Å². The quantitative estimate of drug-likeness (QED) is 0.314. The first-order valence-electron chi connectivity index (χ1n) is 10.8. The second-order valence-electron chi connectivity index (χ2n) is 9.29. The highest BCUT2D eigenvalue weighted by Gasteiger charge is 2.21. The Balaban J connectivity index is 1.44. The summed E-state index contributed by atoms with van der Waals surface area (Å²) in [6.07, 6.45) is 0.982. The zero-order valence-corrected chi connectivity index (χ0v) is 18.3. The molecule has 0 atom stereocenters. The Morgan fingerprint density at radius 2 is 1.45 bits per heavy atom. The van der Waals surface area contributed by atoms with Crippen LogP contribution in [0.25, 0.3) is 22.3 Å². The molecule has 2 nitrogen and oxygen atoms in total. The number of ether oxygens (including phenoxy) is 1. The van der Waals surface area contributed by atoms with Crippen molar-refractivity contribution in [1.29, 1.82) is 0 Å². The first-order chi connectivity index (χ1) is 14.9. The molecule has 2 N–H and O–H groups in total. The fourth-order valence-electron chi connectivity index (χ4n) is 4.35. The lowest BCUT2D eigenvalue weighted by molar-refractivity contribution is 0.481. The van der Waals surface area contributed by atoms with Crippen molar-refractivity contribution in [3.63, 3.8) is 0 Å². The molecule has 0 aromatic heterocycles. The molecule has 1 aliphatic rings. The van der Waals surface area contributed by atoms with E-state index in [1.165, 1.54) is 38.9 Å².